The number of aromatic nitrogens is 4. The maximum atomic E-state index is 12.7. The van der Waals surface area contributed by atoms with Gasteiger partial charge in [-0.15, -0.1) is 5.10 Å². The molecule has 0 aliphatic heterocycles. The highest BCUT2D eigenvalue weighted by atomic mass is 79.9. The number of aryl methyl sites for hydroxylation is 1. The Balaban J connectivity index is 1.51. The van der Waals surface area contributed by atoms with Crippen LogP contribution in [0.4, 0.5) is 0 Å². The smallest absolute Gasteiger partial charge is 0.361 e. The second-order valence-corrected chi connectivity index (χ2v) is 8.52. The lowest BCUT2D eigenvalue weighted by atomic mass is 10.2. The molecule has 0 spiro atoms. The van der Waals surface area contributed by atoms with Crippen molar-refractivity contribution >= 4 is 33.5 Å². The van der Waals surface area contributed by atoms with Gasteiger partial charge < -0.3 is 18.6 Å². The molecule has 0 radical (unpaired) electrons. The van der Waals surface area contributed by atoms with Gasteiger partial charge in [0.05, 0.1) is 36.2 Å². The first-order valence-electron chi connectivity index (χ1n) is 10.1. The first-order valence-corrected chi connectivity index (χ1v) is 11.2. The van der Waals surface area contributed by atoms with Crippen LogP contribution in [0.25, 0.3) is 17.1 Å². The van der Waals surface area contributed by atoms with Crippen molar-refractivity contribution in [2.45, 2.75) is 20.5 Å². The predicted molar refractivity (Wildman–Crippen MR) is 128 cm³/mol. The Morgan fingerprint density at radius 3 is 2.56 bits per heavy atom. The highest BCUT2D eigenvalue weighted by Crippen LogP contribution is 2.33. The Morgan fingerprint density at radius 1 is 1.12 bits per heavy atom. The van der Waals surface area contributed by atoms with Crippen molar-refractivity contribution in [3.63, 3.8) is 0 Å². The molecule has 0 unspecified atom stereocenters. The van der Waals surface area contributed by atoms with Gasteiger partial charge in [0.25, 0.3) is 0 Å². The molecule has 0 aliphatic rings. The average Bonchev–Trinajstić information content (AvgIpc) is 3.39. The van der Waals surface area contributed by atoms with Crippen LogP contribution in [0.15, 0.2) is 45.3 Å². The van der Waals surface area contributed by atoms with Gasteiger partial charge in [-0.2, -0.15) is 0 Å². The highest BCUT2D eigenvalue weighted by molar-refractivity contribution is 9.10. The fourth-order valence-electron chi connectivity index (χ4n) is 3.28. The summed E-state index contributed by atoms with van der Waals surface area (Å²) in [4.78, 5) is 17.2. The standard InChI is InChI=1S/C23H20BrClN4O5/c1-12-21(27-28-29(12)15-6-8-20(32-4)17(25)10-15)23(30)33-11-18-13(2)34-22(26-18)16-9-14(24)5-7-19(16)31-3/h5-10H,11H2,1-4H3. The van der Waals surface area contributed by atoms with Gasteiger partial charge in [-0.3, -0.25) is 0 Å². The fraction of sp³-hybridized carbons (Fsp3) is 0.217. The summed E-state index contributed by atoms with van der Waals surface area (Å²) in [6.45, 7) is 3.37. The van der Waals surface area contributed by atoms with Crippen LogP contribution in [0, 0.1) is 13.8 Å². The van der Waals surface area contributed by atoms with Crippen molar-refractivity contribution in [2.75, 3.05) is 14.2 Å². The molecule has 176 valence electrons. The van der Waals surface area contributed by atoms with Crippen molar-refractivity contribution in [2.24, 2.45) is 0 Å². The first kappa shape index (κ1) is 23.8. The number of hydrogen-bond donors (Lipinski definition) is 0. The zero-order valence-electron chi connectivity index (χ0n) is 18.8. The van der Waals surface area contributed by atoms with E-state index < -0.39 is 5.97 Å². The summed E-state index contributed by atoms with van der Waals surface area (Å²) < 4.78 is 24.2. The van der Waals surface area contributed by atoms with Crippen LogP contribution < -0.4 is 9.47 Å². The van der Waals surface area contributed by atoms with Gasteiger partial charge in [0.1, 0.15) is 29.6 Å². The molecule has 0 saturated carbocycles. The average molecular weight is 548 g/mol. The summed E-state index contributed by atoms with van der Waals surface area (Å²) >= 11 is 9.64. The monoisotopic (exact) mass is 546 g/mol. The second kappa shape index (κ2) is 9.86. The minimum Gasteiger partial charge on any atom is -0.496 e. The van der Waals surface area contributed by atoms with Gasteiger partial charge in [-0.05, 0) is 50.2 Å². The van der Waals surface area contributed by atoms with Gasteiger partial charge in [0, 0.05) is 4.47 Å². The van der Waals surface area contributed by atoms with E-state index in [2.05, 4.69) is 31.2 Å². The Morgan fingerprint density at radius 2 is 1.85 bits per heavy atom. The van der Waals surface area contributed by atoms with Gasteiger partial charge >= 0.3 is 5.97 Å². The zero-order chi connectivity index (χ0) is 24.4. The Labute approximate surface area is 208 Å². The largest absolute Gasteiger partial charge is 0.496 e. The molecule has 4 rings (SSSR count). The fourth-order valence-corrected chi connectivity index (χ4v) is 3.89. The number of nitrogens with zero attached hydrogens (tertiary/aromatic N) is 4. The van der Waals surface area contributed by atoms with Crippen molar-refractivity contribution in [1.29, 1.82) is 0 Å². The number of halogens is 2. The molecule has 0 saturated heterocycles. The summed E-state index contributed by atoms with van der Waals surface area (Å²) in [7, 11) is 3.10. The molecule has 2 aromatic heterocycles. The third-order valence-electron chi connectivity index (χ3n) is 5.09. The Kier molecular flexibility index (Phi) is 6.90. The summed E-state index contributed by atoms with van der Waals surface area (Å²) in [5.74, 6) is 1.40. The lowest BCUT2D eigenvalue weighted by molar-refractivity contribution is 0.0459. The Bertz CT molecular complexity index is 1370. The quantitative estimate of drug-likeness (QED) is 0.286. The maximum Gasteiger partial charge on any atom is 0.361 e. The third-order valence-corrected chi connectivity index (χ3v) is 5.88. The number of rotatable bonds is 7. The topological polar surface area (TPSA) is 102 Å². The molecular weight excluding hydrogens is 528 g/mol. The number of carbonyl (C=O) groups is 1. The summed E-state index contributed by atoms with van der Waals surface area (Å²) in [6.07, 6.45) is 0. The number of ether oxygens (including phenoxy) is 3. The molecule has 11 heteroatoms. The van der Waals surface area contributed by atoms with Crippen LogP contribution in [0.1, 0.15) is 27.6 Å². The van der Waals surface area contributed by atoms with Gasteiger partial charge in [-0.1, -0.05) is 32.7 Å². The van der Waals surface area contributed by atoms with Gasteiger partial charge in [-0.25, -0.2) is 14.5 Å². The summed E-state index contributed by atoms with van der Waals surface area (Å²) in [6, 6.07) is 10.7. The molecule has 0 bridgehead atoms. The van der Waals surface area contributed by atoms with E-state index in [4.69, 9.17) is 30.2 Å². The maximum absolute atomic E-state index is 12.7. The summed E-state index contributed by atoms with van der Waals surface area (Å²) in [5, 5.41) is 8.46. The van der Waals surface area contributed by atoms with Crippen LogP contribution in [0.2, 0.25) is 5.02 Å². The Hall–Kier alpha value is -3.37. The van der Waals surface area contributed by atoms with E-state index in [0.29, 0.717) is 50.8 Å². The molecule has 0 fully saturated rings. The molecule has 9 nitrogen and oxygen atoms in total. The zero-order valence-corrected chi connectivity index (χ0v) is 21.1. The van der Waals surface area contributed by atoms with Crippen LogP contribution in [-0.2, 0) is 11.3 Å². The highest BCUT2D eigenvalue weighted by Gasteiger charge is 2.22. The van der Waals surface area contributed by atoms with Crippen molar-refractivity contribution in [3.8, 4) is 28.6 Å². The van der Waals surface area contributed by atoms with Crippen molar-refractivity contribution in [1.82, 2.24) is 20.0 Å². The number of benzene rings is 2. The molecule has 0 N–H and O–H groups in total. The van der Waals surface area contributed by atoms with E-state index in [1.807, 2.05) is 12.1 Å². The van der Waals surface area contributed by atoms with E-state index in [1.165, 1.54) is 11.8 Å². The predicted octanol–water partition coefficient (Wildman–Crippen LogP) is 5.33. The lowest BCUT2D eigenvalue weighted by Gasteiger charge is -2.07. The van der Waals surface area contributed by atoms with Crippen LogP contribution in [-0.4, -0.2) is 40.2 Å². The number of methoxy groups -OCH3 is 2. The lowest BCUT2D eigenvalue weighted by Crippen LogP contribution is -2.09. The third kappa shape index (κ3) is 4.64. The molecule has 2 aromatic carbocycles. The van der Waals surface area contributed by atoms with Crippen molar-refractivity contribution in [3.05, 3.63) is 68.7 Å². The SMILES string of the molecule is COc1ccc(-n2nnc(C(=O)OCc3nc(-c4cc(Br)ccc4OC)oc3C)c2C)cc1Cl. The normalized spacial score (nSPS) is 10.9. The van der Waals surface area contributed by atoms with E-state index in [0.717, 1.165) is 4.47 Å². The molecule has 4 aromatic rings. The molecule has 34 heavy (non-hydrogen) atoms. The van der Waals surface area contributed by atoms with Crippen LogP contribution in [0.5, 0.6) is 11.5 Å². The number of hydrogen-bond acceptors (Lipinski definition) is 8. The minimum atomic E-state index is -0.632. The number of oxazole rings is 1. The summed E-state index contributed by atoms with van der Waals surface area (Å²) in [5.41, 5.74) is 2.38. The molecule has 0 atom stereocenters. The first-order chi connectivity index (χ1) is 16.3. The van der Waals surface area contributed by atoms with E-state index >= 15 is 0 Å². The second-order valence-electron chi connectivity index (χ2n) is 7.20. The van der Waals surface area contributed by atoms with E-state index in [-0.39, 0.29) is 12.3 Å². The minimum absolute atomic E-state index is 0.0852. The molecule has 0 aliphatic carbocycles. The number of esters is 1. The number of carbonyl (C=O) groups excluding carboxylic acids is 1. The van der Waals surface area contributed by atoms with Crippen LogP contribution >= 0.6 is 27.5 Å². The van der Waals surface area contributed by atoms with Crippen LogP contribution in [0.3, 0.4) is 0 Å². The molecule has 0 amide bonds. The van der Waals surface area contributed by atoms with E-state index in [1.54, 1.807) is 45.2 Å². The molecular formula is C23H20BrClN4O5. The van der Waals surface area contributed by atoms with Gasteiger partial charge in [0.2, 0.25) is 5.89 Å². The van der Waals surface area contributed by atoms with Gasteiger partial charge in [0.15, 0.2) is 5.69 Å². The van der Waals surface area contributed by atoms with Crippen molar-refractivity contribution < 1.29 is 23.4 Å². The molecule has 2 heterocycles. The van der Waals surface area contributed by atoms with E-state index in [9.17, 15) is 4.79 Å².